The first-order valence-corrected chi connectivity index (χ1v) is 10.1. The number of hydrogen-bond acceptors (Lipinski definition) is 4. The van der Waals surface area contributed by atoms with Gasteiger partial charge in [0.05, 0.1) is 16.3 Å². The summed E-state index contributed by atoms with van der Waals surface area (Å²) < 4.78 is 15.0. The number of hydrogen-bond donors (Lipinski definition) is 1. The Morgan fingerprint density at radius 3 is 2.71 bits per heavy atom. The summed E-state index contributed by atoms with van der Waals surface area (Å²) in [6.07, 6.45) is 2.20. The monoisotopic (exact) mass is 420 g/mol. The highest BCUT2D eigenvalue weighted by Crippen LogP contribution is 2.39. The molecule has 3 aromatic rings. The van der Waals surface area contributed by atoms with Gasteiger partial charge in [0.1, 0.15) is 10.6 Å². The maximum absolute atomic E-state index is 13.2. The maximum atomic E-state index is 13.2. The molecule has 0 spiro atoms. The van der Waals surface area contributed by atoms with Crippen LogP contribution < -0.4 is 5.73 Å². The van der Waals surface area contributed by atoms with Gasteiger partial charge in [-0.25, -0.2) is 9.07 Å². The number of aryl methyl sites for hydroxylation is 1. The lowest BCUT2D eigenvalue weighted by Gasteiger charge is -2.17. The van der Waals surface area contributed by atoms with Crippen molar-refractivity contribution in [3.8, 4) is 5.69 Å². The largest absolute Gasteiger partial charge is 0.337 e. The molecule has 1 aliphatic heterocycles. The Balaban J connectivity index is 0.00000192. The van der Waals surface area contributed by atoms with Gasteiger partial charge < -0.3 is 10.6 Å². The maximum Gasteiger partial charge on any atom is 0.264 e. The van der Waals surface area contributed by atoms with Crippen molar-refractivity contribution in [3.05, 3.63) is 46.7 Å². The third-order valence-corrected chi connectivity index (χ3v) is 7.12. The predicted octanol–water partition coefficient (Wildman–Crippen LogP) is 3.77. The van der Waals surface area contributed by atoms with Gasteiger partial charge in [0.25, 0.3) is 5.91 Å². The first-order chi connectivity index (χ1) is 13.0. The van der Waals surface area contributed by atoms with Crippen molar-refractivity contribution < 1.29 is 9.18 Å². The van der Waals surface area contributed by atoms with Crippen LogP contribution in [0, 0.1) is 24.6 Å². The highest BCUT2D eigenvalue weighted by atomic mass is 35.5. The highest BCUT2D eigenvalue weighted by Gasteiger charge is 2.42. The van der Waals surface area contributed by atoms with Gasteiger partial charge in [-0.1, -0.05) is 0 Å². The lowest BCUT2D eigenvalue weighted by molar-refractivity contribution is 0.0784. The van der Waals surface area contributed by atoms with Gasteiger partial charge in [-0.05, 0) is 61.9 Å². The molecule has 1 saturated carbocycles. The average Bonchev–Trinajstić information content (AvgIpc) is 3.39. The lowest BCUT2D eigenvalue weighted by Crippen LogP contribution is -2.33. The van der Waals surface area contributed by atoms with E-state index in [4.69, 9.17) is 5.73 Å². The number of thiophene rings is 1. The van der Waals surface area contributed by atoms with E-state index < -0.39 is 0 Å². The van der Waals surface area contributed by atoms with Crippen LogP contribution in [-0.4, -0.2) is 39.7 Å². The number of aromatic nitrogens is 2. The molecule has 2 N–H and O–H groups in total. The van der Waals surface area contributed by atoms with E-state index in [1.165, 1.54) is 23.5 Å². The normalized spacial score (nSPS) is 23.8. The average molecular weight is 421 g/mol. The Bertz CT molecular complexity index is 1030. The van der Waals surface area contributed by atoms with Crippen molar-refractivity contribution in [2.24, 2.45) is 17.6 Å². The quantitative estimate of drug-likeness (QED) is 0.686. The zero-order valence-corrected chi connectivity index (χ0v) is 17.1. The summed E-state index contributed by atoms with van der Waals surface area (Å²) >= 11 is 1.45. The van der Waals surface area contributed by atoms with Gasteiger partial charge in [-0.3, -0.25) is 4.79 Å². The van der Waals surface area contributed by atoms with E-state index in [1.54, 1.807) is 16.8 Å². The molecule has 3 heterocycles. The number of halogens is 2. The van der Waals surface area contributed by atoms with Crippen molar-refractivity contribution in [1.82, 2.24) is 14.7 Å². The molecular formula is C20H22ClFN4OS. The van der Waals surface area contributed by atoms with Crippen molar-refractivity contribution in [1.29, 1.82) is 0 Å². The van der Waals surface area contributed by atoms with Crippen LogP contribution in [0.2, 0.25) is 0 Å². The lowest BCUT2D eigenvalue weighted by atomic mass is 9.98. The third-order valence-electron chi connectivity index (χ3n) is 6.03. The highest BCUT2D eigenvalue weighted by molar-refractivity contribution is 7.20. The molecule has 0 radical (unpaired) electrons. The number of rotatable bonds is 2. The molecule has 2 fully saturated rings. The first kappa shape index (κ1) is 19.4. The number of benzene rings is 1. The molecule has 3 unspecified atom stereocenters. The molecule has 148 valence electrons. The van der Waals surface area contributed by atoms with E-state index in [-0.39, 0.29) is 30.2 Å². The molecular weight excluding hydrogens is 399 g/mol. The molecule has 5 nitrogen and oxygen atoms in total. The molecule has 5 rings (SSSR count). The van der Waals surface area contributed by atoms with Crippen LogP contribution >= 0.6 is 23.7 Å². The third kappa shape index (κ3) is 3.02. The van der Waals surface area contributed by atoms with Gasteiger partial charge in [-0.15, -0.1) is 23.7 Å². The zero-order chi connectivity index (χ0) is 18.7. The van der Waals surface area contributed by atoms with Crippen molar-refractivity contribution in [2.75, 3.05) is 13.1 Å². The summed E-state index contributed by atoms with van der Waals surface area (Å²) in [7, 11) is 0. The molecule has 8 heteroatoms. The number of fused-ring (bicyclic) bond motifs is 2. The fourth-order valence-corrected chi connectivity index (χ4v) is 5.69. The molecule has 28 heavy (non-hydrogen) atoms. The van der Waals surface area contributed by atoms with Crippen molar-refractivity contribution >= 4 is 39.9 Å². The fraction of sp³-hybridized carbons (Fsp3) is 0.400. The van der Waals surface area contributed by atoms with Crippen molar-refractivity contribution in [3.63, 3.8) is 0 Å². The van der Waals surface area contributed by atoms with Crippen LogP contribution in [0.25, 0.3) is 15.9 Å². The molecule has 1 aliphatic carbocycles. The van der Waals surface area contributed by atoms with E-state index in [0.717, 1.165) is 52.4 Å². The summed E-state index contributed by atoms with van der Waals surface area (Å²) in [5.74, 6) is 0.802. The minimum Gasteiger partial charge on any atom is -0.337 e. The van der Waals surface area contributed by atoms with Gasteiger partial charge >= 0.3 is 0 Å². The molecule has 2 aromatic heterocycles. The summed E-state index contributed by atoms with van der Waals surface area (Å²) in [5, 5.41) is 5.54. The summed E-state index contributed by atoms with van der Waals surface area (Å²) in [6.45, 7) is 3.51. The van der Waals surface area contributed by atoms with Gasteiger partial charge in [0.2, 0.25) is 0 Å². The number of likely N-dealkylation sites (tertiary alicyclic amines) is 1. The second kappa shape index (κ2) is 7.13. The Morgan fingerprint density at radius 2 is 2.00 bits per heavy atom. The van der Waals surface area contributed by atoms with Gasteiger partial charge in [0.15, 0.2) is 0 Å². The Hall–Kier alpha value is -1.96. The molecule has 0 bridgehead atoms. The minimum atomic E-state index is -0.279. The fourth-order valence-electron chi connectivity index (χ4n) is 4.54. The van der Waals surface area contributed by atoms with E-state index in [0.29, 0.717) is 11.8 Å². The van der Waals surface area contributed by atoms with Gasteiger partial charge in [0, 0.05) is 24.5 Å². The number of carbonyl (C=O) groups is 1. The second-order valence-corrected chi connectivity index (χ2v) is 8.71. The molecule has 1 amide bonds. The Morgan fingerprint density at radius 1 is 1.25 bits per heavy atom. The van der Waals surface area contributed by atoms with Crippen LogP contribution in [0.3, 0.4) is 0 Å². The second-order valence-electron chi connectivity index (χ2n) is 7.68. The summed E-state index contributed by atoms with van der Waals surface area (Å²) in [4.78, 5) is 16.7. The van der Waals surface area contributed by atoms with Crippen LogP contribution in [0.5, 0.6) is 0 Å². The van der Waals surface area contributed by atoms with E-state index in [9.17, 15) is 9.18 Å². The van der Waals surface area contributed by atoms with Gasteiger partial charge in [-0.2, -0.15) is 5.10 Å². The molecule has 1 saturated heterocycles. The molecule has 1 aromatic carbocycles. The zero-order valence-electron chi connectivity index (χ0n) is 15.5. The number of carbonyl (C=O) groups excluding carboxylic acids is 1. The van der Waals surface area contributed by atoms with Crippen LogP contribution in [-0.2, 0) is 0 Å². The van der Waals surface area contributed by atoms with Crippen LogP contribution in [0.4, 0.5) is 4.39 Å². The molecule has 2 aliphatic rings. The van der Waals surface area contributed by atoms with E-state index in [2.05, 4.69) is 5.10 Å². The van der Waals surface area contributed by atoms with Crippen LogP contribution in [0.1, 0.15) is 28.2 Å². The minimum absolute atomic E-state index is 0. The number of nitrogens with zero attached hydrogens (tertiary/aromatic N) is 3. The summed E-state index contributed by atoms with van der Waals surface area (Å²) in [6, 6.07) is 8.41. The Kier molecular flexibility index (Phi) is 4.93. The number of amides is 1. The first-order valence-electron chi connectivity index (χ1n) is 9.31. The smallest absolute Gasteiger partial charge is 0.264 e. The molecule has 3 atom stereocenters. The Labute approximate surface area is 172 Å². The van der Waals surface area contributed by atoms with E-state index in [1.807, 2.05) is 17.9 Å². The van der Waals surface area contributed by atoms with Crippen molar-refractivity contribution in [2.45, 2.75) is 25.8 Å². The van der Waals surface area contributed by atoms with E-state index >= 15 is 0 Å². The van der Waals surface area contributed by atoms with Crippen LogP contribution in [0.15, 0.2) is 30.3 Å². The number of nitrogens with two attached hydrogens (primary N) is 1. The standard InChI is InChI=1S/C20H21FN4OS.ClH/c1-11-15-8-18(19(26)24-9-12-2-7-17(22)16(12)10-24)27-20(15)25(23-11)14-5-3-13(21)4-6-14;/h3-6,8,12,16-17H,2,7,9-10,22H2,1H3;1H. The topological polar surface area (TPSA) is 64.2 Å². The summed E-state index contributed by atoms with van der Waals surface area (Å²) in [5.41, 5.74) is 7.86. The predicted molar refractivity (Wildman–Crippen MR) is 111 cm³/mol. The SMILES string of the molecule is Cc1nn(-c2ccc(F)cc2)c2sc(C(=O)N3CC4CCC(N)C4C3)cc12.Cl.